The van der Waals surface area contributed by atoms with Gasteiger partial charge in [0.2, 0.25) is 5.95 Å². The number of anilines is 1. The van der Waals surface area contributed by atoms with E-state index in [2.05, 4.69) is 14.7 Å². The third kappa shape index (κ3) is 5.34. The molecule has 35 heavy (non-hydrogen) atoms. The molecule has 0 radical (unpaired) electrons. The number of halogens is 4. The summed E-state index contributed by atoms with van der Waals surface area (Å²) in [6.07, 6.45) is -4.95. The zero-order valence-electron chi connectivity index (χ0n) is 18.7. The number of benzene rings is 1. The average Bonchev–Trinajstić information content (AvgIpc) is 3.24. The molecule has 2 atom stereocenters. The molecule has 4 rings (SSSR count). The fourth-order valence-corrected chi connectivity index (χ4v) is 4.45. The standard InChI is InChI=1S/C22H23ClF3N5O4/c1-35-20(34)15-10-27-21(28-18(15)22(24,25)26)31-11-16(17(32)12-31)29-6-8-30(9-7-29)19(33)13-2-4-14(23)5-3-13/h2-5,10,16-17,32H,6-9,11-12H2,1H3. The summed E-state index contributed by atoms with van der Waals surface area (Å²) >= 11 is 5.88. The lowest BCUT2D eigenvalue weighted by atomic mass is 10.1. The van der Waals surface area contributed by atoms with Crippen LogP contribution in [-0.2, 0) is 10.9 Å². The number of aromatic nitrogens is 2. The number of nitrogens with zero attached hydrogens (tertiary/aromatic N) is 5. The minimum atomic E-state index is -4.88. The van der Waals surface area contributed by atoms with Gasteiger partial charge in [0.15, 0.2) is 5.69 Å². The summed E-state index contributed by atoms with van der Waals surface area (Å²) in [5, 5.41) is 11.2. The molecule has 0 bridgehead atoms. The number of carbonyl (C=O) groups excluding carboxylic acids is 2. The third-order valence-electron chi connectivity index (χ3n) is 6.15. The molecule has 2 aromatic rings. The van der Waals surface area contributed by atoms with Crippen LogP contribution in [0.25, 0.3) is 0 Å². The molecule has 2 unspecified atom stereocenters. The SMILES string of the molecule is COC(=O)c1cnc(N2CC(O)C(N3CCN(C(=O)c4ccc(Cl)cc4)CC3)C2)nc1C(F)(F)F. The number of hydrogen-bond donors (Lipinski definition) is 1. The Bertz CT molecular complexity index is 1090. The Kier molecular flexibility index (Phi) is 7.15. The van der Waals surface area contributed by atoms with Gasteiger partial charge in [-0.3, -0.25) is 9.69 Å². The molecule has 2 aliphatic rings. The van der Waals surface area contributed by atoms with E-state index < -0.39 is 29.5 Å². The number of β-amino-alcohol motifs (C(OH)–C–C–N with tert-alkyl or cyclic N) is 1. The van der Waals surface area contributed by atoms with E-state index in [-0.39, 0.29) is 31.0 Å². The number of carbonyl (C=O) groups is 2. The maximum Gasteiger partial charge on any atom is 0.434 e. The summed E-state index contributed by atoms with van der Waals surface area (Å²) in [7, 11) is 0.973. The van der Waals surface area contributed by atoms with Crippen molar-refractivity contribution in [3.05, 3.63) is 52.3 Å². The maximum absolute atomic E-state index is 13.5. The molecule has 9 nitrogen and oxygen atoms in total. The highest BCUT2D eigenvalue weighted by atomic mass is 35.5. The highest BCUT2D eigenvalue weighted by Crippen LogP contribution is 2.32. The van der Waals surface area contributed by atoms with Crippen LogP contribution < -0.4 is 4.90 Å². The van der Waals surface area contributed by atoms with Gasteiger partial charge in [-0.2, -0.15) is 13.2 Å². The Morgan fingerprint density at radius 3 is 2.37 bits per heavy atom. The van der Waals surface area contributed by atoms with E-state index >= 15 is 0 Å². The quantitative estimate of drug-likeness (QED) is 0.619. The molecule has 2 fully saturated rings. The monoisotopic (exact) mass is 513 g/mol. The molecule has 2 aliphatic heterocycles. The minimum absolute atomic E-state index is 0.0312. The van der Waals surface area contributed by atoms with E-state index in [1.165, 1.54) is 4.90 Å². The molecule has 2 saturated heterocycles. The van der Waals surface area contributed by atoms with Crippen LogP contribution >= 0.6 is 11.6 Å². The van der Waals surface area contributed by atoms with Gasteiger partial charge in [-0.1, -0.05) is 11.6 Å². The Morgan fingerprint density at radius 1 is 1.11 bits per heavy atom. The van der Waals surface area contributed by atoms with Crippen LogP contribution in [0, 0.1) is 0 Å². The number of amides is 1. The molecule has 1 aromatic carbocycles. The second kappa shape index (κ2) is 9.96. The van der Waals surface area contributed by atoms with Crippen LogP contribution in [0.1, 0.15) is 26.4 Å². The first-order valence-corrected chi connectivity index (χ1v) is 11.2. The number of rotatable bonds is 4. The van der Waals surface area contributed by atoms with Crippen LogP contribution in [0.2, 0.25) is 5.02 Å². The minimum Gasteiger partial charge on any atom is -0.465 e. The van der Waals surface area contributed by atoms with Crippen molar-refractivity contribution in [1.82, 2.24) is 19.8 Å². The number of ether oxygens (including phenoxy) is 1. The summed E-state index contributed by atoms with van der Waals surface area (Å²) in [5.41, 5.74) is -1.63. The highest BCUT2D eigenvalue weighted by molar-refractivity contribution is 6.30. The summed E-state index contributed by atoms with van der Waals surface area (Å²) in [6, 6.07) is 6.25. The van der Waals surface area contributed by atoms with Crippen LogP contribution in [0.15, 0.2) is 30.5 Å². The van der Waals surface area contributed by atoms with E-state index in [4.69, 9.17) is 11.6 Å². The molecule has 1 aromatic heterocycles. The zero-order chi connectivity index (χ0) is 25.3. The Hall–Kier alpha value is -2.96. The molecule has 0 saturated carbocycles. The number of aliphatic hydroxyl groups excluding tert-OH is 1. The van der Waals surface area contributed by atoms with Gasteiger partial charge in [-0.15, -0.1) is 0 Å². The molecule has 0 spiro atoms. The largest absolute Gasteiger partial charge is 0.465 e. The number of hydrogen-bond acceptors (Lipinski definition) is 8. The van der Waals surface area contributed by atoms with Crippen molar-refractivity contribution in [3.63, 3.8) is 0 Å². The van der Waals surface area contributed by atoms with Crippen LogP contribution in [0.5, 0.6) is 0 Å². The molecule has 188 valence electrons. The van der Waals surface area contributed by atoms with Crippen molar-refractivity contribution in [3.8, 4) is 0 Å². The van der Waals surface area contributed by atoms with Gasteiger partial charge in [-0.25, -0.2) is 14.8 Å². The van der Waals surface area contributed by atoms with E-state index in [0.29, 0.717) is 36.8 Å². The normalized spacial score (nSPS) is 21.3. The topological polar surface area (TPSA) is 99.1 Å². The van der Waals surface area contributed by atoms with Gasteiger partial charge >= 0.3 is 12.1 Å². The Morgan fingerprint density at radius 2 is 1.77 bits per heavy atom. The second-order valence-corrected chi connectivity index (χ2v) is 8.73. The second-order valence-electron chi connectivity index (χ2n) is 8.30. The van der Waals surface area contributed by atoms with Crippen molar-refractivity contribution >= 4 is 29.4 Å². The van der Waals surface area contributed by atoms with Gasteiger partial charge in [0.05, 0.1) is 19.3 Å². The first-order chi connectivity index (χ1) is 16.6. The zero-order valence-corrected chi connectivity index (χ0v) is 19.5. The van der Waals surface area contributed by atoms with E-state index in [0.717, 1.165) is 13.3 Å². The van der Waals surface area contributed by atoms with Gasteiger partial charge in [0.25, 0.3) is 5.91 Å². The number of alkyl halides is 3. The summed E-state index contributed by atoms with van der Waals surface area (Å²) in [6.45, 7) is 2.08. The fraction of sp³-hybridized carbons (Fsp3) is 0.455. The lowest BCUT2D eigenvalue weighted by Gasteiger charge is -2.38. The predicted octanol–water partition coefficient (Wildman–Crippen LogP) is 1.94. The highest BCUT2D eigenvalue weighted by Gasteiger charge is 2.42. The first-order valence-electron chi connectivity index (χ1n) is 10.8. The number of piperazine rings is 1. The summed E-state index contributed by atoms with van der Waals surface area (Å²) in [5.74, 6) is -1.54. The Balaban J connectivity index is 1.42. The van der Waals surface area contributed by atoms with Crippen LogP contribution in [0.3, 0.4) is 0 Å². The maximum atomic E-state index is 13.5. The van der Waals surface area contributed by atoms with Gasteiger partial charge in [0.1, 0.15) is 5.56 Å². The Labute approximate surface area is 204 Å². The molecule has 3 heterocycles. The molecule has 1 N–H and O–H groups in total. The molecular weight excluding hydrogens is 491 g/mol. The lowest BCUT2D eigenvalue weighted by molar-refractivity contribution is -0.141. The third-order valence-corrected chi connectivity index (χ3v) is 6.41. The molecule has 13 heteroatoms. The van der Waals surface area contributed by atoms with Crippen molar-refractivity contribution in [1.29, 1.82) is 0 Å². The van der Waals surface area contributed by atoms with Gasteiger partial charge in [0, 0.05) is 56.1 Å². The summed E-state index contributed by atoms with van der Waals surface area (Å²) < 4.78 is 44.9. The molecule has 1 amide bonds. The van der Waals surface area contributed by atoms with E-state index in [1.54, 1.807) is 29.2 Å². The van der Waals surface area contributed by atoms with Crippen LogP contribution in [0.4, 0.5) is 19.1 Å². The fourth-order valence-electron chi connectivity index (χ4n) is 4.32. The van der Waals surface area contributed by atoms with Crippen LogP contribution in [-0.4, -0.2) is 95.3 Å². The number of methoxy groups -OCH3 is 1. The lowest BCUT2D eigenvalue weighted by Crippen LogP contribution is -2.54. The van der Waals surface area contributed by atoms with Crippen molar-refractivity contribution in [2.45, 2.75) is 18.3 Å². The molecular formula is C22H23ClF3N5O4. The van der Waals surface area contributed by atoms with Crippen molar-refractivity contribution in [2.24, 2.45) is 0 Å². The first kappa shape index (κ1) is 25.1. The molecule has 0 aliphatic carbocycles. The van der Waals surface area contributed by atoms with E-state index in [1.807, 2.05) is 4.90 Å². The van der Waals surface area contributed by atoms with Crippen molar-refractivity contribution < 1.29 is 32.6 Å². The van der Waals surface area contributed by atoms with Gasteiger partial charge < -0.3 is 19.6 Å². The van der Waals surface area contributed by atoms with Crippen molar-refractivity contribution in [2.75, 3.05) is 51.3 Å². The summed E-state index contributed by atoms with van der Waals surface area (Å²) in [4.78, 5) is 37.1. The predicted molar refractivity (Wildman–Crippen MR) is 119 cm³/mol. The van der Waals surface area contributed by atoms with Gasteiger partial charge in [-0.05, 0) is 24.3 Å². The van der Waals surface area contributed by atoms with E-state index in [9.17, 15) is 27.9 Å². The smallest absolute Gasteiger partial charge is 0.434 e. The number of esters is 1. The number of aliphatic hydroxyl groups is 1. The average molecular weight is 514 g/mol.